The third-order valence-corrected chi connectivity index (χ3v) is 2.38. The number of rotatable bonds is 1. The van der Waals surface area contributed by atoms with E-state index in [1.807, 2.05) is 6.92 Å². The molecule has 1 aliphatic carbocycles. The van der Waals surface area contributed by atoms with Crippen molar-refractivity contribution in [2.75, 3.05) is 6.61 Å². The molecule has 0 spiro atoms. The van der Waals surface area contributed by atoms with Crippen molar-refractivity contribution in [2.45, 2.75) is 26.2 Å². The number of ketones is 1. The molecule has 2 heteroatoms. The number of aliphatic hydroxyl groups is 1. The van der Waals surface area contributed by atoms with Crippen molar-refractivity contribution >= 4 is 5.78 Å². The molecule has 0 aromatic rings. The number of carbonyl (C=O) groups is 1. The van der Waals surface area contributed by atoms with E-state index in [4.69, 9.17) is 5.11 Å². The van der Waals surface area contributed by atoms with Crippen LogP contribution in [-0.2, 0) is 4.79 Å². The van der Waals surface area contributed by atoms with Crippen LogP contribution in [0.2, 0.25) is 0 Å². The van der Waals surface area contributed by atoms with E-state index >= 15 is 0 Å². The zero-order valence-electron chi connectivity index (χ0n) is 6.34. The molecule has 0 heterocycles. The first kappa shape index (κ1) is 7.73. The van der Waals surface area contributed by atoms with Crippen molar-refractivity contribution in [1.29, 1.82) is 0 Å². The first-order valence-corrected chi connectivity index (χ1v) is 3.86. The molecule has 0 aromatic heterocycles. The lowest BCUT2D eigenvalue weighted by Gasteiger charge is -2.25. The molecule has 1 N–H and O–H groups in total. The molecule has 0 saturated heterocycles. The lowest BCUT2D eigenvalue weighted by atomic mass is 9.80. The lowest BCUT2D eigenvalue weighted by molar-refractivity contribution is -0.122. The van der Waals surface area contributed by atoms with Gasteiger partial charge in [-0.1, -0.05) is 6.92 Å². The summed E-state index contributed by atoms with van der Waals surface area (Å²) in [5.74, 6) is 1.13. The van der Waals surface area contributed by atoms with Gasteiger partial charge in [0, 0.05) is 19.4 Å². The molecule has 2 atom stereocenters. The predicted octanol–water partition coefficient (Wildman–Crippen LogP) is 0.984. The van der Waals surface area contributed by atoms with Crippen molar-refractivity contribution in [2.24, 2.45) is 11.8 Å². The molecular formula is C8H14O2. The Hall–Kier alpha value is -0.370. The standard InChI is InChI=1S/C8H14O2/c1-6-4-8(10)3-2-7(6)5-9/h6-7,9H,2-5H2,1H3. The molecule has 1 aliphatic rings. The van der Waals surface area contributed by atoms with Gasteiger partial charge in [0.15, 0.2) is 0 Å². The number of Topliss-reactive ketones (excluding diaryl/α,β-unsaturated/α-hetero) is 1. The second-order valence-electron chi connectivity index (χ2n) is 3.20. The second-order valence-corrected chi connectivity index (χ2v) is 3.20. The summed E-state index contributed by atoms with van der Waals surface area (Å²) in [6.07, 6.45) is 2.23. The van der Waals surface area contributed by atoms with E-state index in [9.17, 15) is 4.79 Å². The second kappa shape index (κ2) is 3.15. The summed E-state index contributed by atoms with van der Waals surface area (Å²) in [4.78, 5) is 10.9. The zero-order chi connectivity index (χ0) is 7.56. The van der Waals surface area contributed by atoms with Gasteiger partial charge in [-0.3, -0.25) is 4.79 Å². The largest absolute Gasteiger partial charge is 0.396 e. The minimum Gasteiger partial charge on any atom is -0.396 e. The van der Waals surface area contributed by atoms with Crippen molar-refractivity contribution in [1.82, 2.24) is 0 Å². The molecule has 58 valence electrons. The highest BCUT2D eigenvalue weighted by Crippen LogP contribution is 2.26. The molecule has 2 unspecified atom stereocenters. The summed E-state index contributed by atoms with van der Waals surface area (Å²) in [5, 5.41) is 8.84. The number of aliphatic hydroxyl groups excluding tert-OH is 1. The van der Waals surface area contributed by atoms with E-state index in [-0.39, 0.29) is 6.61 Å². The minimum absolute atomic E-state index is 0.244. The van der Waals surface area contributed by atoms with Crippen LogP contribution < -0.4 is 0 Å². The highest BCUT2D eigenvalue weighted by Gasteiger charge is 2.24. The Kier molecular flexibility index (Phi) is 2.44. The summed E-state index contributed by atoms with van der Waals surface area (Å²) in [7, 11) is 0. The molecule has 1 rings (SSSR count). The number of hydrogen-bond acceptors (Lipinski definition) is 2. The molecule has 1 fully saturated rings. The smallest absolute Gasteiger partial charge is 0.133 e. The van der Waals surface area contributed by atoms with Gasteiger partial charge in [0.2, 0.25) is 0 Å². The van der Waals surface area contributed by atoms with Gasteiger partial charge in [-0.2, -0.15) is 0 Å². The first-order chi connectivity index (χ1) is 4.74. The van der Waals surface area contributed by atoms with Crippen LogP contribution in [0.15, 0.2) is 0 Å². The monoisotopic (exact) mass is 142 g/mol. The average Bonchev–Trinajstić information content (AvgIpc) is 1.88. The maximum Gasteiger partial charge on any atom is 0.133 e. The topological polar surface area (TPSA) is 37.3 Å². The van der Waals surface area contributed by atoms with Crippen molar-refractivity contribution in [3.8, 4) is 0 Å². The summed E-state index contributed by atoms with van der Waals surface area (Å²) in [6.45, 7) is 2.28. The average molecular weight is 142 g/mol. The SMILES string of the molecule is CC1CC(=O)CCC1CO. The Morgan fingerprint density at radius 3 is 2.90 bits per heavy atom. The van der Waals surface area contributed by atoms with Gasteiger partial charge in [-0.05, 0) is 18.3 Å². The van der Waals surface area contributed by atoms with Crippen LogP contribution in [0.1, 0.15) is 26.2 Å². The fraction of sp³-hybridized carbons (Fsp3) is 0.875. The molecule has 0 amide bonds. The number of carbonyl (C=O) groups excluding carboxylic acids is 1. The summed E-state index contributed by atoms with van der Waals surface area (Å²) in [5.41, 5.74) is 0. The van der Waals surface area contributed by atoms with Crippen molar-refractivity contribution in [3.05, 3.63) is 0 Å². The first-order valence-electron chi connectivity index (χ1n) is 3.86. The van der Waals surface area contributed by atoms with Crippen LogP contribution in [-0.4, -0.2) is 17.5 Å². The minimum atomic E-state index is 0.244. The highest BCUT2D eigenvalue weighted by atomic mass is 16.3. The van der Waals surface area contributed by atoms with Crippen LogP contribution in [0.4, 0.5) is 0 Å². The normalized spacial score (nSPS) is 34.4. The molecule has 0 aliphatic heterocycles. The fourth-order valence-corrected chi connectivity index (χ4v) is 1.53. The van der Waals surface area contributed by atoms with E-state index < -0.39 is 0 Å². The summed E-state index contributed by atoms with van der Waals surface area (Å²) >= 11 is 0. The molecule has 10 heavy (non-hydrogen) atoms. The van der Waals surface area contributed by atoms with Gasteiger partial charge in [0.05, 0.1) is 0 Å². The Bertz CT molecular complexity index is 131. The maximum absolute atomic E-state index is 10.9. The molecule has 0 aromatic carbocycles. The van der Waals surface area contributed by atoms with Crippen molar-refractivity contribution < 1.29 is 9.90 Å². The third kappa shape index (κ3) is 1.57. The number of hydrogen-bond donors (Lipinski definition) is 1. The van der Waals surface area contributed by atoms with E-state index in [0.717, 1.165) is 6.42 Å². The predicted molar refractivity (Wildman–Crippen MR) is 38.6 cm³/mol. The van der Waals surface area contributed by atoms with Gasteiger partial charge in [0.1, 0.15) is 5.78 Å². The van der Waals surface area contributed by atoms with Gasteiger partial charge in [0.25, 0.3) is 0 Å². The van der Waals surface area contributed by atoms with Crippen LogP contribution in [0.3, 0.4) is 0 Å². The lowest BCUT2D eigenvalue weighted by Crippen LogP contribution is -2.25. The highest BCUT2D eigenvalue weighted by molar-refractivity contribution is 5.79. The fourth-order valence-electron chi connectivity index (χ4n) is 1.53. The van der Waals surface area contributed by atoms with E-state index in [2.05, 4.69) is 0 Å². The molecule has 1 saturated carbocycles. The van der Waals surface area contributed by atoms with Crippen LogP contribution in [0.25, 0.3) is 0 Å². The molecule has 0 radical (unpaired) electrons. The van der Waals surface area contributed by atoms with Crippen molar-refractivity contribution in [3.63, 3.8) is 0 Å². The van der Waals surface area contributed by atoms with Gasteiger partial charge in [-0.25, -0.2) is 0 Å². The molecule has 2 nitrogen and oxygen atoms in total. The Morgan fingerprint density at radius 2 is 2.40 bits per heavy atom. The maximum atomic E-state index is 10.9. The van der Waals surface area contributed by atoms with Crippen LogP contribution in [0, 0.1) is 11.8 Å². The van der Waals surface area contributed by atoms with Gasteiger partial charge >= 0.3 is 0 Å². The molecule has 0 bridgehead atoms. The van der Waals surface area contributed by atoms with Crippen LogP contribution >= 0.6 is 0 Å². The summed E-state index contributed by atoms with van der Waals surface area (Å²) < 4.78 is 0. The Labute approximate surface area is 61.2 Å². The van der Waals surface area contributed by atoms with Gasteiger partial charge < -0.3 is 5.11 Å². The third-order valence-electron chi connectivity index (χ3n) is 2.38. The van der Waals surface area contributed by atoms with E-state index in [1.165, 1.54) is 0 Å². The summed E-state index contributed by atoms with van der Waals surface area (Å²) in [6, 6.07) is 0. The Balaban J connectivity index is 2.43. The zero-order valence-corrected chi connectivity index (χ0v) is 6.34. The Morgan fingerprint density at radius 1 is 1.70 bits per heavy atom. The van der Waals surface area contributed by atoms with E-state index in [0.29, 0.717) is 30.5 Å². The van der Waals surface area contributed by atoms with Crippen LogP contribution in [0.5, 0.6) is 0 Å². The van der Waals surface area contributed by atoms with E-state index in [1.54, 1.807) is 0 Å². The molecular weight excluding hydrogens is 128 g/mol. The quantitative estimate of drug-likeness (QED) is 0.592. The van der Waals surface area contributed by atoms with Gasteiger partial charge in [-0.15, -0.1) is 0 Å².